The molecular weight excluding hydrogens is 316 g/mol. The van der Waals surface area contributed by atoms with E-state index in [0.29, 0.717) is 18.4 Å². The second-order valence-corrected chi connectivity index (χ2v) is 6.00. The Morgan fingerprint density at radius 3 is 2.58 bits per heavy atom. The average molecular weight is 336 g/mol. The van der Waals surface area contributed by atoms with E-state index < -0.39 is 22.7 Å². The number of likely N-dealkylation sites (tertiary alicyclic amines) is 1. The van der Waals surface area contributed by atoms with Gasteiger partial charge in [-0.25, -0.2) is 0 Å². The molecule has 8 nitrogen and oxygen atoms in total. The van der Waals surface area contributed by atoms with E-state index in [-0.39, 0.29) is 29.6 Å². The number of carboxylic acids is 1. The monoisotopic (exact) mass is 336 g/mol. The van der Waals surface area contributed by atoms with Crippen molar-refractivity contribution in [2.45, 2.75) is 32.7 Å². The maximum Gasteiger partial charge on any atom is 0.308 e. The number of nitro benzene ring substituents is 1. The number of nitro groups is 1. The molecular formula is C16H20N2O6. The van der Waals surface area contributed by atoms with Crippen LogP contribution in [0.5, 0.6) is 5.75 Å². The molecule has 1 aliphatic heterocycles. The van der Waals surface area contributed by atoms with Crippen LogP contribution in [0.25, 0.3) is 0 Å². The highest BCUT2D eigenvalue weighted by atomic mass is 16.6. The highest BCUT2D eigenvalue weighted by Gasteiger charge is 2.34. The van der Waals surface area contributed by atoms with Gasteiger partial charge < -0.3 is 14.7 Å². The van der Waals surface area contributed by atoms with Crippen LogP contribution in [0.15, 0.2) is 12.1 Å². The van der Waals surface area contributed by atoms with Crippen LogP contribution in [0.4, 0.5) is 5.69 Å². The lowest BCUT2D eigenvalue weighted by atomic mass is 9.92. The number of carbonyl (C=O) groups is 2. The zero-order valence-electron chi connectivity index (χ0n) is 13.8. The molecule has 0 saturated carbocycles. The van der Waals surface area contributed by atoms with Crippen LogP contribution < -0.4 is 4.74 Å². The maximum absolute atomic E-state index is 12.8. The van der Waals surface area contributed by atoms with Gasteiger partial charge in [-0.15, -0.1) is 0 Å². The summed E-state index contributed by atoms with van der Waals surface area (Å²) in [6.45, 7) is 3.49. The van der Waals surface area contributed by atoms with Crippen molar-refractivity contribution < 1.29 is 24.4 Å². The molecule has 130 valence electrons. The maximum atomic E-state index is 12.8. The van der Waals surface area contributed by atoms with Crippen LogP contribution in [-0.2, 0) is 4.79 Å². The molecule has 0 radical (unpaired) electrons. The molecule has 1 N–H and O–H groups in total. The summed E-state index contributed by atoms with van der Waals surface area (Å²) in [6.07, 6.45) is 1.09. The zero-order valence-corrected chi connectivity index (χ0v) is 13.8. The number of aliphatic carboxylic acids is 1. The van der Waals surface area contributed by atoms with Crippen molar-refractivity contribution in [1.29, 1.82) is 0 Å². The molecule has 0 spiro atoms. The lowest BCUT2D eigenvalue weighted by molar-refractivity contribution is -0.385. The Labute approximate surface area is 139 Å². The Kier molecular flexibility index (Phi) is 5.06. The van der Waals surface area contributed by atoms with Crippen molar-refractivity contribution in [3.05, 3.63) is 33.4 Å². The number of piperidine rings is 1. The second kappa shape index (κ2) is 6.86. The standard InChI is InChI=1S/C16H20N2O6/c1-9-4-5-11(16(20)21)8-17(9)15(19)12-6-13(18(22)23)10(2)14(7-12)24-3/h6-7,9,11H,4-5,8H2,1-3H3,(H,20,21). The summed E-state index contributed by atoms with van der Waals surface area (Å²) in [5.41, 5.74) is 0.272. The predicted molar refractivity (Wildman–Crippen MR) is 85.2 cm³/mol. The highest BCUT2D eigenvalue weighted by Crippen LogP contribution is 2.31. The number of carboxylic acid groups (broad SMARTS) is 1. The summed E-state index contributed by atoms with van der Waals surface area (Å²) in [5.74, 6) is -1.72. The number of benzene rings is 1. The molecule has 1 aromatic carbocycles. The largest absolute Gasteiger partial charge is 0.496 e. The van der Waals surface area contributed by atoms with Crippen molar-refractivity contribution in [2.24, 2.45) is 5.92 Å². The quantitative estimate of drug-likeness (QED) is 0.667. The first kappa shape index (κ1) is 17.7. The molecule has 0 aliphatic carbocycles. The average Bonchev–Trinajstić information content (AvgIpc) is 2.54. The molecule has 2 rings (SSSR count). The van der Waals surface area contributed by atoms with Crippen molar-refractivity contribution in [1.82, 2.24) is 4.90 Å². The third kappa shape index (κ3) is 3.32. The Morgan fingerprint density at radius 1 is 1.38 bits per heavy atom. The van der Waals surface area contributed by atoms with E-state index in [4.69, 9.17) is 4.74 Å². The first-order chi connectivity index (χ1) is 11.3. The van der Waals surface area contributed by atoms with Gasteiger partial charge in [0.15, 0.2) is 0 Å². The smallest absolute Gasteiger partial charge is 0.308 e. The van der Waals surface area contributed by atoms with Gasteiger partial charge in [-0.1, -0.05) is 0 Å². The fraction of sp³-hybridized carbons (Fsp3) is 0.500. The van der Waals surface area contributed by atoms with Crippen LogP contribution in [0.3, 0.4) is 0 Å². The first-order valence-corrected chi connectivity index (χ1v) is 7.63. The molecule has 8 heteroatoms. The fourth-order valence-corrected chi connectivity index (χ4v) is 2.96. The van der Waals surface area contributed by atoms with Gasteiger partial charge in [-0.2, -0.15) is 0 Å². The summed E-state index contributed by atoms with van der Waals surface area (Å²) in [6, 6.07) is 2.55. The topological polar surface area (TPSA) is 110 Å². The van der Waals surface area contributed by atoms with Gasteiger partial charge in [-0.3, -0.25) is 19.7 Å². The van der Waals surface area contributed by atoms with Gasteiger partial charge in [0.1, 0.15) is 5.75 Å². The number of amides is 1. The normalized spacial score (nSPS) is 20.5. The summed E-state index contributed by atoms with van der Waals surface area (Å²) in [7, 11) is 1.38. The molecule has 0 bridgehead atoms. The number of hydrogen-bond acceptors (Lipinski definition) is 5. The van der Waals surface area contributed by atoms with E-state index in [1.54, 1.807) is 6.92 Å². The number of methoxy groups -OCH3 is 1. The van der Waals surface area contributed by atoms with E-state index in [9.17, 15) is 24.8 Å². The van der Waals surface area contributed by atoms with Gasteiger partial charge in [0.2, 0.25) is 0 Å². The number of rotatable bonds is 4. The summed E-state index contributed by atoms with van der Waals surface area (Å²) >= 11 is 0. The molecule has 1 amide bonds. The van der Waals surface area contributed by atoms with E-state index in [1.807, 2.05) is 6.92 Å². The van der Waals surface area contributed by atoms with Gasteiger partial charge in [0.25, 0.3) is 11.6 Å². The molecule has 1 heterocycles. The molecule has 1 aromatic rings. The molecule has 0 aromatic heterocycles. The summed E-state index contributed by atoms with van der Waals surface area (Å²) < 4.78 is 5.13. The minimum absolute atomic E-state index is 0.0966. The molecule has 2 atom stereocenters. The highest BCUT2D eigenvalue weighted by molar-refractivity contribution is 5.96. The van der Waals surface area contributed by atoms with Crippen LogP contribution >= 0.6 is 0 Å². The Bertz CT molecular complexity index is 687. The molecule has 1 aliphatic rings. The minimum atomic E-state index is -0.938. The number of hydrogen-bond donors (Lipinski definition) is 1. The number of ether oxygens (including phenoxy) is 1. The number of nitrogens with zero attached hydrogens (tertiary/aromatic N) is 2. The molecule has 2 unspecified atom stereocenters. The van der Waals surface area contributed by atoms with E-state index in [0.717, 1.165) is 0 Å². The van der Waals surface area contributed by atoms with E-state index in [1.165, 1.54) is 24.1 Å². The lowest BCUT2D eigenvalue weighted by Crippen LogP contribution is -2.47. The van der Waals surface area contributed by atoms with Crippen LogP contribution in [0.1, 0.15) is 35.7 Å². The van der Waals surface area contributed by atoms with Gasteiger partial charge in [0.05, 0.1) is 29.1 Å². The second-order valence-electron chi connectivity index (χ2n) is 6.00. The Balaban J connectivity index is 2.39. The van der Waals surface area contributed by atoms with Crippen molar-refractivity contribution in [2.75, 3.05) is 13.7 Å². The Hall–Kier alpha value is -2.64. The van der Waals surface area contributed by atoms with E-state index >= 15 is 0 Å². The molecule has 24 heavy (non-hydrogen) atoms. The number of carbonyl (C=O) groups excluding carboxylic acids is 1. The third-order valence-corrected chi connectivity index (χ3v) is 4.49. The first-order valence-electron chi connectivity index (χ1n) is 7.63. The lowest BCUT2D eigenvalue weighted by Gasteiger charge is -2.36. The van der Waals surface area contributed by atoms with Crippen LogP contribution in [0.2, 0.25) is 0 Å². The molecule has 1 fully saturated rings. The molecule has 1 saturated heterocycles. The van der Waals surface area contributed by atoms with Gasteiger partial charge in [0, 0.05) is 18.7 Å². The van der Waals surface area contributed by atoms with Crippen molar-refractivity contribution >= 4 is 17.6 Å². The fourth-order valence-electron chi connectivity index (χ4n) is 2.96. The van der Waals surface area contributed by atoms with Crippen molar-refractivity contribution in [3.8, 4) is 5.75 Å². The minimum Gasteiger partial charge on any atom is -0.496 e. The van der Waals surface area contributed by atoms with Crippen LogP contribution in [-0.4, -0.2) is 46.5 Å². The van der Waals surface area contributed by atoms with Crippen LogP contribution in [0, 0.1) is 23.0 Å². The Morgan fingerprint density at radius 2 is 2.04 bits per heavy atom. The SMILES string of the molecule is COc1cc(C(=O)N2CC(C(=O)O)CCC2C)cc([N+](=O)[O-])c1C. The van der Waals surface area contributed by atoms with Gasteiger partial charge in [-0.05, 0) is 32.8 Å². The summed E-state index contributed by atoms with van der Waals surface area (Å²) in [4.78, 5) is 36.1. The predicted octanol–water partition coefficient (Wildman–Crippen LogP) is 2.24. The zero-order chi connectivity index (χ0) is 18.0. The van der Waals surface area contributed by atoms with E-state index in [2.05, 4.69) is 0 Å². The van der Waals surface area contributed by atoms with Crippen molar-refractivity contribution in [3.63, 3.8) is 0 Å². The summed E-state index contributed by atoms with van der Waals surface area (Å²) in [5, 5.41) is 20.4. The third-order valence-electron chi connectivity index (χ3n) is 4.49. The van der Waals surface area contributed by atoms with Gasteiger partial charge >= 0.3 is 5.97 Å².